The van der Waals surface area contributed by atoms with Crippen molar-refractivity contribution in [3.8, 4) is 0 Å². The van der Waals surface area contributed by atoms with Crippen LogP contribution >= 0.6 is 0 Å². The van der Waals surface area contributed by atoms with E-state index in [4.69, 9.17) is 0 Å². The van der Waals surface area contributed by atoms with Gasteiger partial charge in [0.05, 0.1) is 6.20 Å². The van der Waals surface area contributed by atoms with Gasteiger partial charge in [-0.05, 0) is 38.9 Å². The molecule has 1 saturated heterocycles. The Hall–Kier alpha value is -1.40. The zero-order valence-electron chi connectivity index (χ0n) is 13.3. The number of amides is 1. The fraction of sp³-hybridized carbons (Fsp3) is 0.733. The Bertz CT molecular complexity index is 451. The normalized spacial score (nSPS) is 18.6. The molecule has 1 aliphatic rings. The van der Waals surface area contributed by atoms with Crippen LogP contribution in [0.25, 0.3) is 0 Å². The van der Waals surface area contributed by atoms with Crippen LogP contribution in [0.2, 0.25) is 0 Å². The number of nitrogens with zero attached hydrogens (tertiary/aromatic N) is 3. The van der Waals surface area contributed by atoms with Gasteiger partial charge in [0.15, 0.2) is 0 Å². The average molecular weight is 293 g/mol. The van der Waals surface area contributed by atoms with E-state index in [-0.39, 0.29) is 11.9 Å². The molecule has 1 fully saturated rings. The number of likely N-dealkylation sites (tertiary alicyclic amines) is 1. The quantitative estimate of drug-likeness (QED) is 0.803. The highest BCUT2D eigenvalue weighted by molar-refractivity contribution is 5.82. The number of likely N-dealkylation sites (N-methyl/N-ethyl adjacent to an activating group) is 1. The molecule has 2 heterocycles. The van der Waals surface area contributed by atoms with Gasteiger partial charge in [0.25, 0.3) is 0 Å². The predicted molar refractivity (Wildman–Crippen MR) is 82.9 cm³/mol. The average Bonchev–Trinajstić information content (AvgIpc) is 2.88. The van der Waals surface area contributed by atoms with Crippen LogP contribution in [0.1, 0.15) is 31.4 Å². The SMILES string of the molecule is CNC(C(=O)NCCN1CCC(C)CC1)c1cnn(C)c1. The summed E-state index contributed by atoms with van der Waals surface area (Å²) in [4.78, 5) is 14.7. The number of aryl methyl sites for hydroxylation is 1. The molecule has 0 aromatic carbocycles. The van der Waals surface area contributed by atoms with Gasteiger partial charge in [-0.3, -0.25) is 9.48 Å². The van der Waals surface area contributed by atoms with Crippen LogP contribution in [0, 0.1) is 5.92 Å². The van der Waals surface area contributed by atoms with Crippen LogP contribution in [0.15, 0.2) is 12.4 Å². The van der Waals surface area contributed by atoms with E-state index in [2.05, 4.69) is 27.6 Å². The molecule has 0 aliphatic carbocycles. The predicted octanol–water partition coefficient (Wildman–Crippen LogP) is 0.529. The molecule has 1 aromatic rings. The van der Waals surface area contributed by atoms with Gasteiger partial charge < -0.3 is 15.5 Å². The van der Waals surface area contributed by atoms with Crippen molar-refractivity contribution in [2.75, 3.05) is 33.2 Å². The second-order valence-corrected chi connectivity index (χ2v) is 5.98. The molecule has 0 spiro atoms. The van der Waals surface area contributed by atoms with Gasteiger partial charge in [-0.1, -0.05) is 6.92 Å². The molecule has 0 bridgehead atoms. The fourth-order valence-electron chi connectivity index (χ4n) is 2.76. The van der Waals surface area contributed by atoms with Crippen molar-refractivity contribution in [3.05, 3.63) is 18.0 Å². The minimum atomic E-state index is -0.333. The topological polar surface area (TPSA) is 62.2 Å². The number of carbonyl (C=O) groups is 1. The Morgan fingerprint density at radius 1 is 1.48 bits per heavy atom. The first-order chi connectivity index (χ1) is 10.1. The zero-order valence-corrected chi connectivity index (χ0v) is 13.3. The maximum absolute atomic E-state index is 12.2. The lowest BCUT2D eigenvalue weighted by Gasteiger charge is -2.30. The van der Waals surface area contributed by atoms with Crippen molar-refractivity contribution in [3.63, 3.8) is 0 Å². The molecule has 6 nitrogen and oxygen atoms in total. The summed E-state index contributed by atoms with van der Waals surface area (Å²) >= 11 is 0. The van der Waals surface area contributed by atoms with E-state index in [0.29, 0.717) is 6.54 Å². The Balaban J connectivity index is 1.75. The Morgan fingerprint density at radius 2 is 2.19 bits per heavy atom. The van der Waals surface area contributed by atoms with Gasteiger partial charge in [-0.2, -0.15) is 5.10 Å². The fourth-order valence-corrected chi connectivity index (χ4v) is 2.76. The number of piperidine rings is 1. The summed E-state index contributed by atoms with van der Waals surface area (Å²) < 4.78 is 1.71. The molecule has 1 aromatic heterocycles. The molecule has 1 aliphatic heterocycles. The summed E-state index contributed by atoms with van der Waals surface area (Å²) in [6.45, 7) is 6.24. The number of aromatic nitrogens is 2. The van der Waals surface area contributed by atoms with E-state index < -0.39 is 0 Å². The van der Waals surface area contributed by atoms with Gasteiger partial charge in [0, 0.05) is 31.9 Å². The third-order valence-corrected chi connectivity index (χ3v) is 4.21. The van der Waals surface area contributed by atoms with E-state index in [1.165, 1.54) is 12.8 Å². The second-order valence-electron chi connectivity index (χ2n) is 5.98. The second kappa shape index (κ2) is 7.56. The van der Waals surface area contributed by atoms with Crippen molar-refractivity contribution in [1.29, 1.82) is 0 Å². The van der Waals surface area contributed by atoms with Crippen molar-refractivity contribution in [2.45, 2.75) is 25.8 Å². The van der Waals surface area contributed by atoms with Gasteiger partial charge in [0.2, 0.25) is 5.91 Å². The zero-order chi connectivity index (χ0) is 15.2. The van der Waals surface area contributed by atoms with Gasteiger partial charge in [-0.25, -0.2) is 0 Å². The van der Waals surface area contributed by atoms with E-state index in [1.54, 1.807) is 17.9 Å². The van der Waals surface area contributed by atoms with Crippen molar-refractivity contribution < 1.29 is 4.79 Å². The maximum atomic E-state index is 12.2. The van der Waals surface area contributed by atoms with E-state index >= 15 is 0 Å². The Morgan fingerprint density at radius 3 is 2.76 bits per heavy atom. The summed E-state index contributed by atoms with van der Waals surface area (Å²) in [6, 6.07) is -0.333. The maximum Gasteiger partial charge on any atom is 0.241 e. The van der Waals surface area contributed by atoms with Gasteiger partial charge >= 0.3 is 0 Å². The molecule has 118 valence electrons. The van der Waals surface area contributed by atoms with Crippen molar-refractivity contribution in [1.82, 2.24) is 25.3 Å². The molecular formula is C15H27N5O. The minimum absolute atomic E-state index is 0.0101. The molecule has 6 heteroatoms. The molecule has 1 atom stereocenters. The lowest BCUT2D eigenvalue weighted by Crippen LogP contribution is -2.42. The lowest BCUT2D eigenvalue weighted by molar-refractivity contribution is -0.123. The Labute approximate surface area is 126 Å². The lowest BCUT2D eigenvalue weighted by atomic mass is 9.99. The summed E-state index contributed by atoms with van der Waals surface area (Å²) in [7, 11) is 3.65. The molecular weight excluding hydrogens is 266 g/mol. The first kappa shape index (κ1) is 16.0. The van der Waals surface area contributed by atoms with Crippen LogP contribution in [0.3, 0.4) is 0 Å². The molecule has 0 radical (unpaired) electrons. The summed E-state index contributed by atoms with van der Waals surface area (Å²) in [6.07, 6.45) is 6.13. The van der Waals surface area contributed by atoms with Crippen LogP contribution in [0.5, 0.6) is 0 Å². The smallest absolute Gasteiger partial charge is 0.241 e. The van der Waals surface area contributed by atoms with Gasteiger partial charge in [0.1, 0.15) is 6.04 Å². The van der Waals surface area contributed by atoms with E-state index in [1.807, 2.05) is 13.2 Å². The number of rotatable bonds is 6. The highest BCUT2D eigenvalue weighted by Crippen LogP contribution is 2.15. The molecule has 21 heavy (non-hydrogen) atoms. The monoisotopic (exact) mass is 293 g/mol. The minimum Gasteiger partial charge on any atom is -0.353 e. The molecule has 1 unspecified atom stereocenters. The van der Waals surface area contributed by atoms with Crippen LogP contribution in [-0.4, -0.2) is 53.8 Å². The summed E-state index contributed by atoms with van der Waals surface area (Å²) in [5.74, 6) is 0.853. The number of nitrogens with one attached hydrogen (secondary N) is 2. The molecule has 0 saturated carbocycles. The van der Waals surface area contributed by atoms with E-state index in [9.17, 15) is 4.79 Å². The molecule has 2 N–H and O–H groups in total. The largest absolute Gasteiger partial charge is 0.353 e. The van der Waals surface area contributed by atoms with Crippen molar-refractivity contribution in [2.24, 2.45) is 13.0 Å². The Kier molecular flexibility index (Phi) is 5.76. The van der Waals surface area contributed by atoms with Crippen LogP contribution in [0.4, 0.5) is 0 Å². The molecule has 1 amide bonds. The first-order valence-corrected chi connectivity index (χ1v) is 7.76. The first-order valence-electron chi connectivity index (χ1n) is 7.76. The van der Waals surface area contributed by atoms with Gasteiger partial charge in [-0.15, -0.1) is 0 Å². The number of carbonyl (C=O) groups excluding carboxylic acids is 1. The number of hydrogen-bond acceptors (Lipinski definition) is 4. The van der Waals surface area contributed by atoms with Crippen LogP contribution in [-0.2, 0) is 11.8 Å². The summed E-state index contributed by atoms with van der Waals surface area (Å²) in [5, 5.41) is 10.2. The van der Waals surface area contributed by atoms with Crippen LogP contribution < -0.4 is 10.6 Å². The highest BCUT2D eigenvalue weighted by atomic mass is 16.2. The third kappa shape index (κ3) is 4.54. The third-order valence-electron chi connectivity index (χ3n) is 4.21. The summed E-state index contributed by atoms with van der Waals surface area (Å²) in [5.41, 5.74) is 0.893. The van der Waals surface area contributed by atoms with Crippen molar-refractivity contribution >= 4 is 5.91 Å². The number of hydrogen-bond donors (Lipinski definition) is 2. The van der Waals surface area contributed by atoms with E-state index in [0.717, 1.165) is 31.1 Å². The highest BCUT2D eigenvalue weighted by Gasteiger charge is 2.20. The molecule has 2 rings (SSSR count). The standard InChI is InChI=1S/C15H27N5O/c1-12-4-7-20(8-5-12)9-6-17-15(21)14(16-2)13-10-18-19(3)11-13/h10-12,14,16H,4-9H2,1-3H3,(H,17,21).